The molecule has 1 N–H and O–H groups in total. The number of hydrogen-bond donors (Lipinski definition) is 1. The second-order valence-corrected chi connectivity index (χ2v) is 6.90. The number of morpholine rings is 1. The third-order valence-electron chi connectivity index (χ3n) is 4.28. The number of nitro groups is 1. The Balaban J connectivity index is 1.77. The zero-order chi connectivity index (χ0) is 17.8. The van der Waals surface area contributed by atoms with Crippen molar-refractivity contribution in [3.63, 3.8) is 0 Å². The molecule has 1 saturated heterocycles. The molecule has 6 nitrogen and oxygen atoms in total. The standard InChI is InChI=1S/C18H20BrN3O3/c1-13-10-16(4-5-17(13)22(23)24)20-12-14-2-3-15(19)11-18(14)21-6-8-25-9-7-21/h2-5,10-11,20H,6-9,12H2,1H3. The number of halogens is 1. The molecule has 0 saturated carbocycles. The summed E-state index contributed by atoms with van der Waals surface area (Å²) < 4.78 is 6.49. The van der Waals surface area contributed by atoms with E-state index in [1.54, 1.807) is 19.1 Å². The number of nitrogens with zero attached hydrogens (tertiary/aromatic N) is 2. The Morgan fingerprint density at radius 2 is 2.00 bits per heavy atom. The molecule has 0 aliphatic carbocycles. The summed E-state index contributed by atoms with van der Waals surface area (Å²) in [7, 11) is 0. The fraction of sp³-hybridized carbons (Fsp3) is 0.333. The molecule has 1 heterocycles. The number of aryl methyl sites for hydroxylation is 1. The van der Waals surface area contributed by atoms with Gasteiger partial charge in [0, 0.05) is 47.1 Å². The molecule has 0 spiro atoms. The molecule has 132 valence electrons. The summed E-state index contributed by atoms with van der Waals surface area (Å²) in [5, 5.41) is 14.3. The molecule has 25 heavy (non-hydrogen) atoms. The highest BCUT2D eigenvalue weighted by atomic mass is 79.9. The number of ether oxygens (including phenoxy) is 1. The normalized spacial score (nSPS) is 14.4. The summed E-state index contributed by atoms with van der Waals surface area (Å²) >= 11 is 3.55. The zero-order valence-corrected chi connectivity index (χ0v) is 15.6. The number of nitrogens with one attached hydrogen (secondary N) is 1. The molecule has 0 unspecified atom stereocenters. The van der Waals surface area contributed by atoms with Gasteiger partial charge < -0.3 is 15.0 Å². The minimum atomic E-state index is -0.357. The third kappa shape index (κ3) is 4.29. The lowest BCUT2D eigenvalue weighted by molar-refractivity contribution is -0.385. The maximum atomic E-state index is 10.9. The summed E-state index contributed by atoms with van der Waals surface area (Å²) in [5.74, 6) is 0. The molecule has 1 aliphatic rings. The highest BCUT2D eigenvalue weighted by Gasteiger charge is 2.15. The van der Waals surface area contributed by atoms with E-state index in [2.05, 4.69) is 38.3 Å². The Bertz CT molecular complexity index is 776. The molecule has 2 aromatic rings. The first-order chi connectivity index (χ1) is 12.0. The van der Waals surface area contributed by atoms with Gasteiger partial charge in [-0.1, -0.05) is 22.0 Å². The van der Waals surface area contributed by atoms with Gasteiger partial charge in [-0.15, -0.1) is 0 Å². The maximum absolute atomic E-state index is 10.9. The lowest BCUT2D eigenvalue weighted by atomic mass is 10.1. The predicted molar refractivity (Wildman–Crippen MR) is 102 cm³/mol. The van der Waals surface area contributed by atoms with Crippen molar-refractivity contribution in [1.82, 2.24) is 0 Å². The van der Waals surface area contributed by atoms with Crippen molar-refractivity contribution >= 4 is 33.0 Å². The van der Waals surface area contributed by atoms with Crippen LogP contribution in [-0.2, 0) is 11.3 Å². The molecule has 0 atom stereocenters. The molecule has 0 aromatic heterocycles. The van der Waals surface area contributed by atoms with E-state index in [9.17, 15) is 10.1 Å². The van der Waals surface area contributed by atoms with Gasteiger partial charge in [0.05, 0.1) is 18.1 Å². The van der Waals surface area contributed by atoms with Crippen molar-refractivity contribution < 1.29 is 9.66 Å². The van der Waals surface area contributed by atoms with E-state index < -0.39 is 0 Å². The van der Waals surface area contributed by atoms with E-state index in [1.807, 2.05) is 12.1 Å². The average molecular weight is 406 g/mol. The Kier molecular flexibility index (Phi) is 5.55. The molecule has 2 aromatic carbocycles. The molecular formula is C18H20BrN3O3. The largest absolute Gasteiger partial charge is 0.381 e. The quantitative estimate of drug-likeness (QED) is 0.598. The summed E-state index contributed by atoms with van der Waals surface area (Å²) in [6.45, 7) is 5.63. The van der Waals surface area contributed by atoms with Gasteiger partial charge in [0.25, 0.3) is 5.69 Å². The van der Waals surface area contributed by atoms with Gasteiger partial charge >= 0.3 is 0 Å². The van der Waals surface area contributed by atoms with Crippen LogP contribution in [0.15, 0.2) is 40.9 Å². The number of nitro benzene ring substituents is 1. The molecule has 0 amide bonds. The van der Waals surface area contributed by atoms with Crippen LogP contribution in [0.5, 0.6) is 0 Å². The fourth-order valence-corrected chi connectivity index (χ4v) is 3.30. The van der Waals surface area contributed by atoms with Crippen molar-refractivity contribution in [1.29, 1.82) is 0 Å². The van der Waals surface area contributed by atoms with Crippen LogP contribution in [-0.4, -0.2) is 31.2 Å². The van der Waals surface area contributed by atoms with Crippen LogP contribution in [0.3, 0.4) is 0 Å². The van der Waals surface area contributed by atoms with Crippen molar-refractivity contribution in [2.75, 3.05) is 36.5 Å². The van der Waals surface area contributed by atoms with Crippen LogP contribution in [0.4, 0.5) is 17.1 Å². The molecular weight excluding hydrogens is 386 g/mol. The van der Waals surface area contributed by atoms with Gasteiger partial charge in [-0.3, -0.25) is 10.1 Å². The SMILES string of the molecule is Cc1cc(NCc2ccc(Br)cc2N2CCOCC2)ccc1[N+](=O)[O-]. The first kappa shape index (κ1) is 17.7. The van der Waals surface area contributed by atoms with Gasteiger partial charge in [-0.2, -0.15) is 0 Å². The Morgan fingerprint density at radius 3 is 2.68 bits per heavy atom. The highest BCUT2D eigenvalue weighted by molar-refractivity contribution is 9.10. The number of benzene rings is 2. The minimum Gasteiger partial charge on any atom is -0.381 e. The van der Waals surface area contributed by atoms with Gasteiger partial charge in [-0.05, 0) is 36.8 Å². The Hall–Kier alpha value is -2.12. The van der Waals surface area contributed by atoms with E-state index in [1.165, 1.54) is 11.3 Å². The molecule has 3 rings (SSSR count). The van der Waals surface area contributed by atoms with Crippen LogP contribution < -0.4 is 10.2 Å². The van der Waals surface area contributed by atoms with Crippen LogP contribution >= 0.6 is 15.9 Å². The molecule has 0 radical (unpaired) electrons. The molecule has 1 aliphatic heterocycles. The lowest BCUT2D eigenvalue weighted by Crippen LogP contribution is -2.36. The number of hydrogen-bond acceptors (Lipinski definition) is 5. The highest BCUT2D eigenvalue weighted by Crippen LogP contribution is 2.28. The van der Waals surface area contributed by atoms with E-state index >= 15 is 0 Å². The summed E-state index contributed by atoms with van der Waals surface area (Å²) in [5.41, 5.74) is 4.03. The Labute approximate surface area is 155 Å². The number of anilines is 2. The van der Waals surface area contributed by atoms with Crippen molar-refractivity contribution in [3.05, 3.63) is 62.1 Å². The maximum Gasteiger partial charge on any atom is 0.272 e. The monoisotopic (exact) mass is 405 g/mol. The van der Waals surface area contributed by atoms with E-state index in [0.29, 0.717) is 12.1 Å². The fourth-order valence-electron chi connectivity index (χ4n) is 2.95. The predicted octanol–water partition coefficient (Wildman–Crippen LogP) is 4.11. The van der Waals surface area contributed by atoms with Crippen LogP contribution in [0.2, 0.25) is 0 Å². The van der Waals surface area contributed by atoms with E-state index in [-0.39, 0.29) is 10.6 Å². The van der Waals surface area contributed by atoms with Crippen molar-refractivity contribution in [2.45, 2.75) is 13.5 Å². The summed E-state index contributed by atoms with van der Waals surface area (Å²) in [6, 6.07) is 11.4. The topological polar surface area (TPSA) is 67.6 Å². The van der Waals surface area contributed by atoms with Crippen LogP contribution in [0.1, 0.15) is 11.1 Å². The first-order valence-corrected chi connectivity index (χ1v) is 8.94. The Morgan fingerprint density at radius 1 is 1.24 bits per heavy atom. The minimum absolute atomic E-state index is 0.142. The second-order valence-electron chi connectivity index (χ2n) is 5.98. The third-order valence-corrected chi connectivity index (χ3v) is 4.77. The first-order valence-electron chi connectivity index (χ1n) is 8.14. The number of rotatable bonds is 5. The van der Waals surface area contributed by atoms with E-state index in [4.69, 9.17) is 4.74 Å². The van der Waals surface area contributed by atoms with Gasteiger partial charge in [-0.25, -0.2) is 0 Å². The molecule has 0 bridgehead atoms. The van der Waals surface area contributed by atoms with E-state index in [0.717, 1.165) is 36.5 Å². The van der Waals surface area contributed by atoms with Gasteiger partial charge in [0.1, 0.15) is 0 Å². The average Bonchev–Trinajstić information content (AvgIpc) is 2.61. The van der Waals surface area contributed by atoms with Gasteiger partial charge in [0.15, 0.2) is 0 Å². The summed E-state index contributed by atoms with van der Waals surface area (Å²) in [4.78, 5) is 12.9. The van der Waals surface area contributed by atoms with Gasteiger partial charge in [0.2, 0.25) is 0 Å². The zero-order valence-electron chi connectivity index (χ0n) is 14.0. The van der Waals surface area contributed by atoms with Crippen molar-refractivity contribution in [2.24, 2.45) is 0 Å². The molecule has 1 fully saturated rings. The van der Waals surface area contributed by atoms with Crippen LogP contribution in [0.25, 0.3) is 0 Å². The second kappa shape index (κ2) is 7.84. The summed E-state index contributed by atoms with van der Waals surface area (Å²) in [6.07, 6.45) is 0. The molecule has 7 heteroatoms. The lowest BCUT2D eigenvalue weighted by Gasteiger charge is -2.31. The smallest absolute Gasteiger partial charge is 0.272 e. The van der Waals surface area contributed by atoms with Crippen molar-refractivity contribution in [3.8, 4) is 0 Å². The van der Waals surface area contributed by atoms with Crippen LogP contribution in [0, 0.1) is 17.0 Å².